The molecular weight excluding hydrogens is 242 g/mol. The summed E-state index contributed by atoms with van der Waals surface area (Å²) in [5, 5.41) is 5.61. The van der Waals surface area contributed by atoms with Gasteiger partial charge >= 0.3 is 0 Å². The van der Waals surface area contributed by atoms with E-state index in [2.05, 4.69) is 35.0 Å². The van der Waals surface area contributed by atoms with Crippen LogP contribution >= 0.6 is 11.3 Å². The number of nitrogens with one attached hydrogen (secondary N) is 1. The van der Waals surface area contributed by atoms with Crippen LogP contribution in [0, 0.1) is 0 Å². The highest BCUT2D eigenvalue weighted by molar-refractivity contribution is 7.09. The Morgan fingerprint density at radius 3 is 2.78 bits per heavy atom. The molecule has 2 nitrogen and oxygen atoms in total. The van der Waals surface area contributed by atoms with Gasteiger partial charge in [0.2, 0.25) is 0 Å². The van der Waals surface area contributed by atoms with Gasteiger partial charge in [0.05, 0.1) is 7.11 Å². The lowest BCUT2D eigenvalue weighted by Gasteiger charge is -2.06. The third-order valence-electron chi connectivity index (χ3n) is 2.85. The number of hydrogen-bond acceptors (Lipinski definition) is 3. The van der Waals surface area contributed by atoms with E-state index in [-0.39, 0.29) is 0 Å². The number of hydrogen-bond donors (Lipinski definition) is 1. The van der Waals surface area contributed by atoms with Crippen LogP contribution in [0.25, 0.3) is 0 Å². The topological polar surface area (TPSA) is 21.3 Å². The van der Waals surface area contributed by atoms with Gasteiger partial charge < -0.3 is 10.1 Å². The van der Waals surface area contributed by atoms with Crippen molar-refractivity contribution < 1.29 is 4.74 Å². The highest BCUT2D eigenvalue weighted by atomic mass is 32.1. The highest BCUT2D eigenvalue weighted by Gasteiger charge is 1.97. The molecular formula is C15H19NOS. The van der Waals surface area contributed by atoms with Crippen molar-refractivity contribution in [3.05, 3.63) is 52.2 Å². The number of benzene rings is 1. The Bertz CT molecular complexity index is 453. The van der Waals surface area contributed by atoms with Crippen molar-refractivity contribution in [3.63, 3.8) is 0 Å². The lowest BCUT2D eigenvalue weighted by molar-refractivity contribution is 0.414. The van der Waals surface area contributed by atoms with Crippen LogP contribution in [0.5, 0.6) is 5.75 Å². The monoisotopic (exact) mass is 261 g/mol. The van der Waals surface area contributed by atoms with E-state index in [9.17, 15) is 0 Å². The van der Waals surface area contributed by atoms with E-state index in [4.69, 9.17) is 4.74 Å². The fraction of sp³-hybridized carbons (Fsp3) is 0.333. The standard InChI is InChI=1S/C15H19NOS/c1-17-14-5-2-4-13(12-14)7-9-16-10-8-15-6-3-11-18-15/h2-6,11-12,16H,7-10H2,1H3. The first-order valence-electron chi connectivity index (χ1n) is 6.24. The Balaban J connectivity index is 1.65. The Labute approximate surface area is 113 Å². The lowest BCUT2D eigenvalue weighted by atomic mass is 10.1. The molecule has 0 aliphatic heterocycles. The zero-order chi connectivity index (χ0) is 12.6. The summed E-state index contributed by atoms with van der Waals surface area (Å²) in [6.07, 6.45) is 2.16. The lowest BCUT2D eigenvalue weighted by Crippen LogP contribution is -2.19. The van der Waals surface area contributed by atoms with Gasteiger partial charge in [0.15, 0.2) is 0 Å². The molecule has 0 spiro atoms. The molecule has 1 aromatic heterocycles. The number of rotatable bonds is 7. The molecule has 0 amide bonds. The summed E-state index contributed by atoms with van der Waals surface area (Å²) < 4.78 is 5.21. The Hall–Kier alpha value is -1.32. The van der Waals surface area contributed by atoms with E-state index in [0.29, 0.717) is 0 Å². The fourth-order valence-corrected chi connectivity index (χ4v) is 2.56. The summed E-state index contributed by atoms with van der Waals surface area (Å²) in [6.45, 7) is 2.06. The minimum atomic E-state index is 0.936. The molecule has 0 atom stereocenters. The maximum absolute atomic E-state index is 5.21. The van der Waals surface area contributed by atoms with Crippen LogP contribution in [0.4, 0.5) is 0 Å². The number of ether oxygens (including phenoxy) is 1. The second-order valence-electron chi connectivity index (χ2n) is 4.18. The molecule has 18 heavy (non-hydrogen) atoms. The van der Waals surface area contributed by atoms with Crippen LogP contribution in [0.1, 0.15) is 10.4 Å². The largest absolute Gasteiger partial charge is 0.497 e. The second-order valence-corrected chi connectivity index (χ2v) is 5.21. The maximum atomic E-state index is 5.21. The number of methoxy groups -OCH3 is 1. The van der Waals surface area contributed by atoms with E-state index < -0.39 is 0 Å². The fourth-order valence-electron chi connectivity index (χ4n) is 1.85. The molecule has 0 saturated carbocycles. The summed E-state index contributed by atoms with van der Waals surface area (Å²) in [5.41, 5.74) is 1.32. The molecule has 0 unspecified atom stereocenters. The summed E-state index contributed by atoms with van der Waals surface area (Å²) in [5.74, 6) is 0.936. The van der Waals surface area contributed by atoms with Crippen LogP contribution < -0.4 is 10.1 Å². The zero-order valence-corrected chi connectivity index (χ0v) is 11.5. The molecule has 1 N–H and O–H groups in total. The predicted octanol–water partition coefficient (Wildman–Crippen LogP) is 3.13. The minimum Gasteiger partial charge on any atom is -0.497 e. The van der Waals surface area contributed by atoms with E-state index in [1.54, 1.807) is 7.11 Å². The van der Waals surface area contributed by atoms with Gasteiger partial charge in [-0.2, -0.15) is 0 Å². The molecule has 96 valence electrons. The van der Waals surface area contributed by atoms with Crippen LogP contribution in [0.15, 0.2) is 41.8 Å². The SMILES string of the molecule is COc1cccc(CCNCCc2cccs2)c1. The first-order valence-corrected chi connectivity index (χ1v) is 7.12. The molecule has 2 rings (SSSR count). The molecule has 3 heteroatoms. The molecule has 1 aromatic carbocycles. The van der Waals surface area contributed by atoms with Crippen LogP contribution in [0.2, 0.25) is 0 Å². The maximum Gasteiger partial charge on any atom is 0.119 e. The quantitative estimate of drug-likeness (QED) is 0.773. The highest BCUT2D eigenvalue weighted by Crippen LogP contribution is 2.12. The van der Waals surface area contributed by atoms with E-state index >= 15 is 0 Å². The van der Waals surface area contributed by atoms with Crippen molar-refractivity contribution in [2.45, 2.75) is 12.8 Å². The molecule has 1 heterocycles. The molecule has 0 fully saturated rings. The van der Waals surface area contributed by atoms with Gasteiger partial charge in [0.25, 0.3) is 0 Å². The zero-order valence-electron chi connectivity index (χ0n) is 10.7. The van der Waals surface area contributed by atoms with Gasteiger partial charge in [-0.25, -0.2) is 0 Å². The van der Waals surface area contributed by atoms with Crippen molar-refractivity contribution in [3.8, 4) is 5.75 Å². The normalized spacial score (nSPS) is 10.5. The molecule has 0 radical (unpaired) electrons. The van der Waals surface area contributed by atoms with E-state index in [0.717, 1.165) is 31.7 Å². The van der Waals surface area contributed by atoms with Crippen molar-refractivity contribution >= 4 is 11.3 Å². The summed E-state index contributed by atoms with van der Waals surface area (Å²) in [4.78, 5) is 1.45. The second kappa shape index (κ2) is 7.19. The average Bonchev–Trinajstić information content (AvgIpc) is 2.92. The molecule has 0 aliphatic carbocycles. The van der Waals surface area contributed by atoms with Gasteiger partial charge in [0, 0.05) is 4.88 Å². The van der Waals surface area contributed by atoms with Gasteiger partial charge in [0.1, 0.15) is 5.75 Å². The molecule has 0 bridgehead atoms. The first kappa shape index (κ1) is 13.1. The van der Waals surface area contributed by atoms with Crippen molar-refractivity contribution in [2.75, 3.05) is 20.2 Å². The summed E-state index contributed by atoms with van der Waals surface area (Å²) in [7, 11) is 1.71. The predicted molar refractivity (Wildman–Crippen MR) is 77.6 cm³/mol. The Morgan fingerprint density at radius 1 is 1.11 bits per heavy atom. The van der Waals surface area contributed by atoms with Gasteiger partial charge in [-0.05, 0) is 55.1 Å². The smallest absolute Gasteiger partial charge is 0.119 e. The molecule has 2 aromatic rings. The van der Waals surface area contributed by atoms with Crippen LogP contribution in [-0.2, 0) is 12.8 Å². The van der Waals surface area contributed by atoms with Crippen molar-refractivity contribution in [2.24, 2.45) is 0 Å². The van der Waals surface area contributed by atoms with Crippen molar-refractivity contribution in [1.82, 2.24) is 5.32 Å². The van der Waals surface area contributed by atoms with Crippen LogP contribution in [0.3, 0.4) is 0 Å². The van der Waals surface area contributed by atoms with E-state index in [1.807, 2.05) is 23.5 Å². The minimum absolute atomic E-state index is 0.936. The molecule has 0 aliphatic rings. The third-order valence-corrected chi connectivity index (χ3v) is 3.79. The van der Waals surface area contributed by atoms with Crippen LogP contribution in [-0.4, -0.2) is 20.2 Å². The Kier molecular flexibility index (Phi) is 5.24. The van der Waals surface area contributed by atoms with Gasteiger partial charge in [-0.15, -0.1) is 11.3 Å². The summed E-state index contributed by atoms with van der Waals surface area (Å²) >= 11 is 1.83. The van der Waals surface area contributed by atoms with Gasteiger partial charge in [-0.1, -0.05) is 18.2 Å². The Morgan fingerprint density at radius 2 is 2.00 bits per heavy atom. The van der Waals surface area contributed by atoms with Gasteiger partial charge in [-0.3, -0.25) is 0 Å². The summed E-state index contributed by atoms with van der Waals surface area (Å²) in [6, 6.07) is 12.6. The third kappa shape index (κ3) is 4.17. The average molecular weight is 261 g/mol. The number of thiophene rings is 1. The first-order chi connectivity index (χ1) is 8.88. The van der Waals surface area contributed by atoms with Crippen molar-refractivity contribution in [1.29, 1.82) is 0 Å². The molecule has 0 saturated heterocycles. The van der Waals surface area contributed by atoms with E-state index in [1.165, 1.54) is 10.4 Å².